The molecule has 0 spiro atoms. The number of H-pyrrole nitrogens is 1. The number of carbonyl (C=O) groups is 3. The maximum absolute atomic E-state index is 12.3. The third-order valence-electron chi connectivity index (χ3n) is 4.36. The molecule has 1 N–H and O–H groups in total. The number of hydrogen-bond donors (Lipinski definition) is 1. The first kappa shape index (κ1) is 19.4. The fourth-order valence-electron chi connectivity index (χ4n) is 3.00. The fraction of sp³-hybridized carbons (Fsp3) is 0.368. The van der Waals surface area contributed by atoms with E-state index in [1.165, 1.54) is 13.0 Å². The number of Topliss-reactive ketones (excluding diaryl/α,β-unsaturated/α-hetero) is 2. The zero-order chi connectivity index (χ0) is 19.6. The van der Waals surface area contributed by atoms with Gasteiger partial charge in [-0.2, -0.15) is 5.10 Å². The second-order valence-corrected chi connectivity index (χ2v) is 6.25. The fourth-order valence-corrected chi connectivity index (χ4v) is 3.00. The number of nitrogens with zero attached hydrogens (tertiary/aromatic N) is 2. The molecule has 0 aliphatic carbocycles. The highest BCUT2D eigenvalue weighted by molar-refractivity contribution is 6.04. The molecule has 2 heterocycles. The minimum Gasteiger partial charge on any atom is -0.454 e. The molecule has 0 unspecified atom stereocenters. The van der Waals surface area contributed by atoms with Crippen molar-refractivity contribution >= 4 is 23.6 Å². The summed E-state index contributed by atoms with van der Waals surface area (Å²) in [4.78, 5) is 38.7. The summed E-state index contributed by atoms with van der Waals surface area (Å²) in [7, 11) is 1.83. The van der Waals surface area contributed by atoms with Crippen LogP contribution in [0.3, 0.4) is 0 Å². The Hall–Kier alpha value is -2.96. The average molecular weight is 357 g/mol. The van der Waals surface area contributed by atoms with Crippen LogP contribution in [0.4, 0.5) is 0 Å². The molecule has 0 aromatic carbocycles. The van der Waals surface area contributed by atoms with Gasteiger partial charge in [0, 0.05) is 35.6 Å². The van der Waals surface area contributed by atoms with E-state index < -0.39 is 12.6 Å². The predicted molar refractivity (Wildman–Crippen MR) is 97.3 cm³/mol. The van der Waals surface area contributed by atoms with Crippen molar-refractivity contribution in [1.29, 1.82) is 0 Å². The lowest BCUT2D eigenvalue weighted by atomic mass is 10.1. The maximum Gasteiger partial charge on any atom is 0.331 e. The molecule has 26 heavy (non-hydrogen) atoms. The number of nitrogens with one attached hydrogen (secondary N) is 1. The molecule has 0 atom stereocenters. The molecule has 0 radical (unpaired) electrons. The van der Waals surface area contributed by atoms with Gasteiger partial charge in [-0.15, -0.1) is 0 Å². The quantitative estimate of drug-likeness (QED) is 0.487. The molecule has 2 aromatic heterocycles. The van der Waals surface area contributed by atoms with Gasteiger partial charge >= 0.3 is 5.97 Å². The maximum atomic E-state index is 12.3. The molecular formula is C19H23N3O4. The van der Waals surface area contributed by atoms with E-state index >= 15 is 0 Å². The Bertz CT molecular complexity index is 916. The summed E-state index contributed by atoms with van der Waals surface area (Å²) in [6.07, 6.45) is 2.90. The summed E-state index contributed by atoms with van der Waals surface area (Å²) in [5.74, 6) is -1.11. The Morgan fingerprint density at radius 1 is 1.19 bits per heavy atom. The number of ketones is 2. The van der Waals surface area contributed by atoms with Gasteiger partial charge in [-0.25, -0.2) is 4.79 Å². The predicted octanol–water partition coefficient (Wildman–Crippen LogP) is 2.62. The normalized spacial score (nSPS) is 11.2. The van der Waals surface area contributed by atoms with Gasteiger partial charge in [-0.3, -0.25) is 14.3 Å². The van der Waals surface area contributed by atoms with Crippen molar-refractivity contribution in [2.75, 3.05) is 6.61 Å². The van der Waals surface area contributed by atoms with Gasteiger partial charge < -0.3 is 9.72 Å². The number of ether oxygens (including phenoxy) is 1. The summed E-state index contributed by atoms with van der Waals surface area (Å²) in [5, 5.41) is 4.26. The van der Waals surface area contributed by atoms with E-state index in [4.69, 9.17) is 4.74 Å². The van der Waals surface area contributed by atoms with E-state index in [1.807, 2.05) is 20.9 Å². The van der Waals surface area contributed by atoms with E-state index in [-0.39, 0.29) is 11.6 Å². The van der Waals surface area contributed by atoms with Crippen molar-refractivity contribution in [3.8, 4) is 0 Å². The SMILES string of the molecule is CC(=O)c1c(C)[nH]c(C(=O)COC(=O)/C=C/c2c(C)nn(C)c2C)c1C. The lowest BCUT2D eigenvalue weighted by molar-refractivity contribution is -0.136. The number of carbonyl (C=O) groups excluding carboxylic acids is 3. The first-order valence-corrected chi connectivity index (χ1v) is 8.21. The zero-order valence-electron chi connectivity index (χ0n) is 15.9. The van der Waals surface area contributed by atoms with Gasteiger partial charge in [0.25, 0.3) is 0 Å². The first-order chi connectivity index (χ1) is 12.1. The van der Waals surface area contributed by atoms with Gasteiger partial charge in [0.1, 0.15) is 0 Å². The highest BCUT2D eigenvalue weighted by Crippen LogP contribution is 2.19. The van der Waals surface area contributed by atoms with Crippen molar-refractivity contribution in [3.63, 3.8) is 0 Å². The molecule has 138 valence electrons. The third kappa shape index (κ3) is 3.82. The number of aromatic nitrogens is 3. The summed E-state index contributed by atoms with van der Waals surface area (Å²) in [5.41, 5.74) is 4.58. The molecule has 0 saturated heterocycles. The number of aromatic amines is 1. The van der Waals surface area contributed by atoms with Crippen LogP contribution in [0.25, 0.3) is 6.08 Å². The summed E-state index contributed by atoms with van der Waals surface area (Å²) < 4.78 is 6.75. The molecule has 0 fully saturated rings. The Labute approximate surface area is 152 Å². The van der Waals surface area contributed by atoms with Crippen molar-refractivity contribution in [2.45, 2.75) is 34.6 Å². The smallest absolute Gasteiger partial charge is 0.331 e. The Morgan fingerprint density at radius 3 is 2.35 bits per heavy atom. The molecule has 0 aliphatic heterocycles. The largest absolute Gasteiger partial charge is 0.454 e. The van der Waals surface area contributed by atoms with Gasteiger partial charge in [-0.1, -0.05) is 0 Å². The van der Waals surface area contributed by atoms with E-state index in [0.717, 1.165) is 17.0 Å². The summed E-state index contributed by atoms with van der Waals surface area (Å²) >= 11 is 0. The second-order valence-electron chi connectivity index (χ2n) is 6.25. The monoisotopic (exact) mass is 357 g/mol. The molecule has 2 rings (SSSR count). The Morgan fingerprint density at radius 2 is 1.85 bits per heavy atom. The highest BCUT2D eigenvalue weighted by atomic mass is 16.5. The molecule has 2 aromatic rings. The molecule has 0 amide bonds. The molecule has 0 bridgehead atoms. The number of aryl methyl sites for hydroxylation is 3. The Kier molecular flexibility index (Phi) is 5.59. The second kappa shape index (κ2) is 7.51. The third-order valence-corrected chi connectivity index (χ3v) is 4.36. The lowest BCUT2D eigenvalue weighted by Gasteiger charge is -2.02. The molecular weight excluding hydrogens is 334 g/mol. The van der Waals surface area contributed by atoms with Crippen molar-refractivity contribution in [1.82, 2.24) is 14.8 Å². The van der Waals surface area contributed by atoms with Crippen LogP contribution in [-0.2, 0) is 16.6 Å². The summed E-state index contributed by atoms with van der Waals surface area (Å²) in [6.45, 7) is 8.23. The van der Waals surface area contributed by atoms with Crippen LogP contribution in [0.15, 0.2) is 6.08 Å². The average Bonchev–Trinajstić information content (AvgIpc) is 2.99. The van der Waals surface area contributed by atoms with Crippen molar-refractivity contribution < 1.29 is 19.1 Å². The molecule has 7 heteroatoms. The van der Waals surface area contributed by atoms with Crippen LogP contribution in [0.1, 0.15) is 56.0 Å². The topological polar surface area (TPSA) is 94.0 Å². The van der Waals surface area contributed by atoms with E-state index in [9.17, 15) is 14.4 Å². The van der Waals surface area contributed by atoms with Crippen molar-refractivity contribution in [3.05, 3.63) is 45.5 Å². The minimum absolute atomic E-state index is 0.113. The standard InChI is InChI=1S/C19H23N3O4/c1-10-18(14(5)23)12(3)20-19(10)16(24)9-26-17(25)8-7-15-11(2)21-22(6)13(15)4/h7-8,20H,9H2,1-6H3/b8-7+. The van der Waals surface area contributed by atoms with Crippen LogP contribution < -0.4 is 0 Å². The van der Waals surface area contributed by atoms with Crippen LogP contribution in [-0.4, -0.2) is 38.9 Å². The van der Waals surface area contributed by atoms with Crippen LogP contribution in [0.5, 0.6) is 0 Å². The minimum atomic E-state index is -0.617. The van der Waals surface area contributed by atoms with Crippen LogP contribution in [0.2, 0.25) is 0 Å². The molecule has 0 saturated carbocycles. The van der Waals surface area contributed by atoms with Crippen LogP contribution >= 0.6 is 0 Å². The van der Waals surface area contributed by atoms with E-state index in [0.29, 0.717) is 22.5 Å². The molecule has 7 nitrogen and oxygen atoms in total. The van der Waals surface area contributed by atoms with Gasteiger partial charge in [-0.05, 0) is 46.3 Å². The van der Waals surface area contributed by atoms with Crippen LogP contribution in [0, 0.1) is 27.7 Å². The summed E-state index contributed by atoms with van der Waals surface area (Å²) in [6, 6.07) is 0. The first-order valence-electron chi connectivity index (χ1n) is 8.21. The van der Waals surface area contributed by atoms with E-state index in [1.54, 1.807) is 24.6 Å². The lowest BCUT2D eigenvalue weighted by Crippen LogP contribution is -2.14. The number of hydrogen-bond acceptors (Lipinski definition) is 5. The highest BCUT2D eigenvalue weighted by Gasteiger charge is 2.20. The van der Waals surface area contributed by atoms with E-state index in [2.05, 4.69) is 10.1 Å². The number of rotatable bonds is 6. The van der Waals surface area contributed by atoms with Gasteiger partial charge in [0.15, 0.2) is 12.4 Å². The van der Waals surface area contributed by atoms with Gasteiger partial charge in [0.05, 0.1) is 11.4 Å². The zero-order valence-corrected chi connectivity index (χ0v) is 15.9. The van der Waals surface area contributed by atoms with Gasteiger partial charge in [0.2, 0.25) is 5.78 Å². The van der Waals surface area contributed by atoms with Crippen molar-refractivity contribution in [2.24, 2.45) is 7.05 Å². The number of esters is 1. The Balaban J connectivity index is 2.03. The molecule has 0 aliphatic rings.